The fourth-order valence-electron chi connectivity index (χ4n) is 4.43. The number of unbranched alkanes of at least 4 members (excludes halogenated alkanes) is 2. The first-order valence-electron chi connectivity index (χ1n) is 11.0. The van der Waals surface area contributed by atoms with Crippen molar-refractivity contribution in [2.75, 3.05) is 24.5 Å². The average molecular weight is 432 g/mol. The maximum absolute atomic E-state index is 12.1. The molecule has 1 N–H and O–H groups in total. The maximum Gasteiger partial charge on any atom is 0.250 e. The van der Waals surface area contributed by atoms with E-state index in [1.165, 1.54) is 16.9 Å². The monoisotopic (exact) mass is 431 g/mol. The lowest BCUT2D eigenvalue weighted by atomic mass is 10.0. The van der Waals surface area contributed by atoms with E-state index in [0.29, 0.717) is 6.54 Å². The van der Waals surface area contributed by atoms with E-state index in [1.807, 2.05) is 24.9 Å². The highest BCUT2D eigenvalue weighted by molar-refractivity contribution is 5.89. The van der Waals surface area contributed by atoms with Crippen molar-refractivity contribution >= 4 is 16.7 Å². The minimum atomic E-state index is -2.27. The lowest BCUT2D eigenvalue weighted by molar-refractivity contribution is 0.146. The molecule has 0 amide bonds. The van der Waals surface area contributed by atoms with Gasteiger partial charge in [0.05, 0.1) is 29.5 Å². The molecule has 0 saturated carbocycles. The van der Waals surface area contributed by atoms with Crippen LogP contribution in [0.5, 0.6) is 0 Å². The summed E-state index contributed by atoms with van der Waals surface area (Å²) in [5, 5.41) is 13.1. The van der Waals surface area contributed by atoms with Crippen molar-refractivity contribution in [2.45, 2.75) is 59.0 Å². The molecular formula is C22H31F2N7. The molecule has 4 heterocycles. The standard InChI is InChI=1S/C22H31F2N7/c1-15-11-20(17-12-26-29(3)22(17)27-15)30-10-7-19-18(14-30)16(2)28-31(19)9-6-4-5-8-25-13-21(23)24/h11-12,21,25H,4-10,13-14H2,1-3H3. The van der Waals surface area contributed by atoms with Crippen LogP contribution in [0.4, 0.5) is 14.5 Å². The molecule has 168 valence electrons. The lowest BCUT2D eigenvalue weighted by Gasteiger charge is -2.30. The highest BCUT2D eigenvalue weighted by Gasteiger charge is 2.25. The molecule has 3 aromatic rings. The van der Waals surface area contributed by atoms with E-state index in [-0.39, 0.29) is 6.54 Å². The van der Waals surface area contributed by atoms with Gasteiger partial charge in [-0.2, -0.15) is 10.2 Å². The first-order chi connectivity index (χ1) is 14.9. The quantitative estimate of drug-likeness (QED) is 0.527. The van der Waals surface area contributed by atoms with Crippen molar-refractivity contribution in [1.82, 2.24) is 29.9 Å². The van der Waals surface area contributed by atoms with Crippen LogP contribution < -0.4 is 10.2 Å². The zero-order valence-electron chi connectivity index (χ0n) is 18.5. The van der Waals surface area contributed by atoms with E-state index in [1.54, 1.807) is 0 Å². The number of pyridine rings is 1. The average Bonchev–Trinajstić information content (AvgIpc) is 3.26. The Morgan fingerprint density at radius 1 is 1.19 bits per heavy atom. The highest BCUT2D eigenvalue weighted by atomic mass is 19.3. The second-order valence-electron chi connectivity index (χ2n) is 8.35. The third-order valence-corrected chi connectivity index (χ3v) is 6.01. The van der Waals surface area contributed by atoms with Crippen molar-refractivity contribution in [1.29, 1.82) is 0 Å². The number of rotatable bonds is 9. The number of hydrogen-bond donors (Lipinski definition) is 1. The minimum Gasteiger partial charge on any atom is -0.366 e. The summed E-state index contributed by atoms with van der Waals surface area (Å²) in [7, 11) is 1.93. The van der Waals surface area contributed by atoms with Crippen LogP contribution >= 0.6 is 0 Å². The normalized spacial score (nSPS) is 14.1. The van der Waals surface area contributed by atoms with Crippen molar-refractivity contribution in [3.8, 4) is 0 Å². The zero-order valence-corrected chi connectivity index (χ0v) is 18.5. The third kappa shape index (κ3) is 4.71. The van der Waals surface area contributed by atoms with Crippen LogP contribution in [-0.4, -0.2) is 50.6 Å². The molecule has 0 fully saturated rings. The Bertz CT molecular complexity index is 1040. The fraction of sp³-hybridized carbons (Fsp3) is 0.591. The Morgan fingerprint density at radius 2 is 2.03 bits per heavy atom. The summed E-state index contributed by atoms with van der Waals surface area (Å²) in [5.74, 6) is 0. The fourth-order valence-corrected chi connectivity index (χ4v) is 4.43. The predicted octanol–water partition coefficient (Wildman–Crippen LogP) is 3.37. The Balaban J connectivity index is 1.40. The van der Waals surface area contributed by atoms with E-state index in [9.17, 15) is 8.78 Å². The number of fused-ring (bicyclic) bond motifs is 2. The summed E-state index contributed by atoms with van der Waals surface area (Å²) in [6, 6.07) is 2.15. The molecule has 0 atom stereocenters. The topological polar surface area (TPSA) is 63.8 Å². The van der Waals surface area contributed by atoms with Crippen molar-refractivity contribution < 1.29 is 8.78 Å². The molecule has 0 spiro atoms. The van der Waals surface area contributed by atoms with Gasteiger partial charge in [-0.3, -0.25) is 9.36 Å². The smallest absolute Gasteiger partial charge is 0.250 e. The van der Waals surface area contributed by atoms with Crippen LogP contribution in [0, 0.1) is 13.8 Å². The van der Waals surface area contributed by atoms with Gasteiger partial charge in [0, 0.05) is 50.1 Å². The molecule has 1 aliphatic rings. The first kappa shape index (κ1) is 21.7. The minimum absolute atomic E-state index is 0.218. The van der Waals surface area contributed by atoms with Gasteiger partial charge in [-0.05, 0) is 39.3 Å². The van der Waals surface area contributed by atoms with Gasteiger partial charge in [0.1, 0.15) is 0 Å². The number of aromatic nitrogens is 5. The van der Waals surface area contributed by atoms with Crippen LogP contribution in [0.2, 0.25) is 0 Å². The molecule has 0 saturated heterocycles. The van der Waals surface area contributed by atoms with E-state index >= 15 is 0 Å². The zero-order chi connectivity index (χ0) is 22.0. The highest BCUT2D eigenvalue weighted by Crippen LogP contribution is 2.32. The molecule has 9 heteroatoms. The number of hydrogen-bond acceptors (Lipinski definition) is 5. The second-order valence-corrected chi connectivity index (χ2v) is 8.35. The second kappa shape index (κ2) is 9.30. The molecule has 0 bridgehead atoms. The molecule has 4 rings (SSSR count). The van der Waals surface area contributed by atoms with Gasteiger partial charge in [-0.15, -0.1) is 0 Å². The molecule has 31 heavy (non-hydrogen) atoms. The molecule has 3 aromatic heterocycles. The summed E-state index contributed by atoms with van der Waals surface area (Å²) in [5.41, 5.74) is 6.83. The number of anilines is 1. The van der Waals surface area contributed by atoms with Gasteiger partial charge in [0.15, 0.2) is 5.65 Å². The Labute approximate surface area is 181 Å². The molecular weight excluding hydrogens is 400 g/mol. The summed E-state index contributed by atoms with van der Waals surface area (Å²) in [4.78, 5) is 7.05. The predicted molar refractivity (Wildman–Crippen MR) is 118 cm³/mol. The third-order valence-electron chi connectivity index (χ3n) is 6.01. The Kier molecular flexibility index (Phi) is 6.50. The van der Waals surface area contributed by atoms with Crippen LogP contribution in [-0.2, 0) is 26.6 Å². The van der Waals surface area contributed by atoms with Crippen molar-refractivity contribution in [3.05, 3.63) is 34.9 Å². The van der Waals surface area contributed by atoms with Gasteiger partial charge in [-0.25, -0.2) is 13.8 Å². The molecule has 1 aliphatic heterocycles. The van der Waals surface area contributed by atoms with Gasteiger partial charge in [-0.1, -0.05) is 6.42 Å². The number of aryl methyl sites for hydroxylation is 4. The number of alkyl halides is 2. The molecule has 7 nitrogen and oxygen atoms in total. The summed E-state index contributed by atoms with van der Waals surface area (Å²) < 4.78 is 28.3. The van der Waals surface area contributed by atoms with E-state index < -0.39 is 6.43 Å². The van der Waals surface area contributed by atoms with E-state index in [4.69, 9.17) is 5.10 Å². The molecule has 0 radical (unpaired) electrons. The summed E-state index contributed by atoms with van der Waals surface area (Å²) in [6.07, 6.45) is 3.50. The van der Waals surface area contributed by atoms with Crippen LogP contribution in [0.1, 0.15) is 41.9 Å². The summed E-state index contributed by atoms with van der Waals surface area (Å²) in [6.45, 7) is 7.19. The van der Waals surface area contributed by atoms with Crippen LogP contribution in [0.25, 0.3) is 11.0 Å². The SMILES string of the molecule is Cc1cc(N2CCc3c(c(C)nn3CCCCCNCC(F)F)C2)c2cnn(C)c2n1. The molecule has 0 unspecified atom stereocenters. The number of nitrogens with one attached hydrogen (secondary N) is 1. The van der Waals surface area contributed by atoms with Crippen LogP contribution in [0.3, 0.4) is 0 Å². The van der Waals surface area contributed by atoms with E-state index in [2.05, 4.69) is 38.0 Å². The Morgan fingerprint density at radius 3 is 2.84 bits per heavy atom. The van der Waals surface area contributed by atoms with E-state index in [0.717, 1.165) is 67.7 Å². The molecule has 0 aromatic carbocycles. The van der Waals surface area contributed by atoms with Gasteiger partial charge in [0.2, 0.25) is 0 Å². The van der Waals surface area contributed by atoms with Gasteiger partial charge in [0.25, 0.3) is 6.43 Å². The maximum atomic E-state index is 12.1. The molecule has 0 aliphatic carbocycles. The largest absolute Gasteiger partial charge is 0.366 e. The van der Waals surface area contributed by atoms with Crippen molar-refractivity contribution in [3.63, 3.8) is 0 Å². The van der Waals surface area contributed by atoms with Crippen LogP contribution in [0.15, 0.2) is 12.3 Å². The number of nitrogens with zero attached hydrogens (tertiary/aromatic N) is 6. The first-order valence-corrected chi connectivity index (χ1v) is 11.0. The Hall–Kier alpha value is -2.55. The van der Waals surface area contributed by atoms with Crippen molar-refractivity contribution in [2.24, 2.45) is 7.05 Å². The van der Waals surface area contributed by atoms with Gasteiger partial charge < -0.3 is 10.2 Å². The lowest BCUT2D eigenvalue weighted by Crippen LogP contribution is -2.31. The number of halogens is 2. The van der Waals surface area contributed by atoms with Gasteiger partial charge >= 0.3 is 0 Å². The summed E-state index contributed by atoms with van der Waals surface area (Å²) >= 11 is 0.